The number of carbonyl (C=O) groups is 1. The Morgan fingerprint density at radius 2 is 0.931 bits per heavy atom. The molecular weight excluding hydrogens is 735 g/mol. The molecule has 3 heterocycles. The predicted molar refractivity (Wildman–Crippen MR) is 228 cm³/mol. The van der Waals surface area contributed by atoms with Crippen LogP contribution in [-0.2, 0) is 24.1 Å². The number of methoxy groups -OCH3 is 3. The third-order valence-corrected chi connectivity index (χ3v) is 12.2. The van der Waals surface area contributed by atoms with Gasteiger partial charge in [-0.2, -0.15) is 0 Å². The second kappa shape index (κ2) is 18.0. The van der Waals surface area contributed by atoms with E-state index >= 15 is 0 Å². The molecule has 1 N–H and O–H groups in total. The van der Waals surface area contributed by atoms with E-state index in [1.807, 2.05) is 12.1 Å². The van der Waals surface area contributed by atoms with E-state index in [-0.39, 0.29) is 35.4 Å². The average molecular weight is 802 g/mol. The van der Waals surface area contributed by atoms with E-state index in [2.05, 4.69) is 83.5 Å². The Bertz CT molecular complexity index is 1980. The van der Waals surface area contributed by atoms with Crippen LogP contribution >= 0.6 is 0 Å². The van der Waals surface area contributed by atoms with Crippen LogP contribution in [0.1, 0.15) is 119 Å². The van der Waals surface area contributed by atoms with E-state index in [9.17, 15) is 9.90 Å². The number of hydrogen-bond donors (Lipinski definition) is 1. The highest BCUT2D eigenvalue weighted by atomic mass is 16.6. The number of phenols is 1. The lowest BCUT2D eigenvalue weighted by Crippen LogP contribution is -2.34. The zero-order valence-electron chi connectivity index (χ0n) is 37.2. The molecule has 11 nitrogen and oxygen atoms in total. The number of carbonyl (C=O) groups excluding carboxylic acids is 1. The topological polar surface area (TPSA) is 102 Å². The van der Waals surface area contributed by atoms with Crippen LogP contribution in [0.25, 0.3) is 0 Å². The number of likely N-dealkylation sites (N-methyl/N-ethyl adjacent to an activating group) is 3. The van der Waals surface area contributed by atoms with Gasteiger partial charge in [0.15, 0.2) is 34.5 Å². The number of fused-ring (bicyclic) bond motifs is 3. The highest BCUT2D eigenvalue weighted by Gasteiger charge is 2.39. The van der Waals surface area contributed by atoms with Crippen molar-refractivity contribution in [3.8, 4) is 51.7 Å². The fourth-order valence-electron chi connectivity index (χ4n) is 9.33. The van der Waals surface area contributed by atoms with E-state index in [0.717, 1.165) is 91.5 Å². The summed E-state index contributed by atoms with van der Waals surface area (Å²) in [5, 5.41) is 12.5. The van der Waals surface area contributed by atoms with Crippen LogP contribution in [0.15, 0.2) is 18.2 Å². The zero-order chi connectivity index (χ0) is 42.2. The predicted octanol–water partition coefficient (Wildman–Crippen LogP) is 9.65. The lowest BCUT2D eigenvalue weighted by Gasteiger charge is -2.39. The van der Waals surface area contributed by atoms with E-state index in [1.165, 1.54) is 6.92 Å². The van der Waals surface area contributed by atoms with Crippen LogP contribution in [0.4, 0.5) is 0 Å². The van der Waals surface area contributed by atoms with Gasteiger partial charge < -0.3 is 33.5 Å². The number of rotatable bonds is 14. The Kier molecular flexibility index (Phi) is 13.4. The van der Waals surface area contributed by atoms with Crippen molar-refractivity contribution in [2.45, 2.75) is 105 Å². The van der Waals surface area contributed by atoms with Crippen LogP contribution in [0.5, 0.6) is 51.7 Å². The Balaban J connectivity index is 1.68. The van der Waals surface area contributed by atoms with Crippen molar-refractivity contribution in [3.63, 3.8) is 0 Å². The molecule has 0 saturated heterocycles. The molecule has 3 aromatic rings. The summed E-state index contributed by atoms with van der Waals surface area (Å²) in [5.74, 6) is 3.58. The maximum atomic E-state index is 12.9. The fraction of sp³-hybridized carbons (Fsp3) is 0.596. The molecule has 3 aliphatic rings. The zero-order valence-corrected chi connectivity index (χ0v) is 37.2. The van der Waals surface area contributed by atoms with Gasteiger partial charge in [-0.05, 0) is 112 Å². The molecule has 3 aliphatic heterocycles. The minimum atomic E-state index is -0.496. The number of benzene rings is 3. The van der Waals surface area contributed by atoms with Crippen molar-refractivity contribution in [2.24, 2.45) is 17.8 Å². The van der Waals surface area contributed by atoms with Crippen molar-refractivity contribution >= 4 is 5.97 Å². The standard InChI is InChI=1S/C47H67N3O8/c1-26(2)20-33-39-30(14-17-48(33)8)23-36(53-11)43(42(39)52)57-47-41-32(16-19-50(10)35(41)22-28(5)6)25-38(55-13)45(47)58-46-40-31(15-18-49(9)34(40)21-27(3)4)24-37(54-12)44(46)56-29(7)51/h23-28,33-35,52H,14-22H2,1-13H3/t33-,34-,35+/m0/s1. The molecule has 0 fully saturated rings. The van der Waals surface area contributed by atoms with Crippen molar-refractivity contribution in [2.75, 3.05) is 62.1 Å². The molecule has 0 aromatic heterocycles. The minimum absolute atomic E-state index is 0.00347. The number of esters is 1. The second-order valence-corrected chi connectivity index (χ2v) is 17.9. The maximum Gasteiger partial charge on any atom is 0.308 e. The molecular formula is C47H67N3O8. The van der Waals surface area contributed by atoms with Gasteiger partial charge in [0.1, 0.15) is 0 Å². The first-order chi connectivity index (χ1) is 27.6. The largest absolute Gasteiger partial charge is 0.504 e. The van der Waals surface area contributed by atoms with E-state index < -0.39 is 5.97 Å². The molecule has 0 amide bonds. The van der Waals surface area contributed by atoms with E-state index in [1.54, 1.807) is 21.3 Å². The highest BCUT2D eigenvalue weighted by Crippen LogP contribution is 2.58. The van der Waals surface area contributed by atoms with Gasteiger partial charge in [0, 0.05) is 61.4 Å². The molecule has 11 heteroatoms. The lowest BCUT2D eigenvalue weighted by molar-refractivity contribution is -0.132. The molecule has 0 aliphatic carbocycles. The Labute approximate surface area is 346 Å². The summed E-state index contributed by atoms with van der Waals surface area (Å²) in [6.45, 7) is 17.3. The van der Waals surface area contributed by atoms with Crippen molar-refractivity contribution in [1.82, 2.24) is 14.7 Å². The lowest BCUT2D eigenvalue weighted by atomic mass is 9.85. The number of phenolic OH excluding ortho intramolecular Hbond substituents is 1. The first kappa shape index (κ1) is 43.4. The van der Waals surface area contributed by atoms with Crippen molar-refractivity contribution in [3.05, 3.63) is 51.6 Å². The summed E-state index contributed by atoms with van der Waals surface area (Å²) in [6.07, 6.45) is 4.88. The Morgan fingerprint density at radius 3 is 1.33 bits per heavy atom. The van der Waals surface area contributed by atoms with E-state index in [0.29, 0.717) is 52.3 Å². The first-order valence-electron chi connectivity index (χ1n) is 21.1. The smallest absolute Gasteiger partial charge is 0.308 e. The van der Waals surface area contributed by atoms with Gasteiger partial charge in [0.05, 0.1) is 21.3 Å². The summed E-state index contributed by atoms with van der Waals surface area (Å²) in [4.78, 5) is 19.9. The number of aromatic hydroxyl groups is 1. The van der Waals surface area contributed by atoms with Gasteiger partial charge >= 0.3 is 5.97 Å². The highest BCUT2D eigenvalue weighted by molar-refractivity contribution is 5.75. The molecule has 3 aromatic carbocycles. The average Bonchev–Trinajstić information content (AvgIpc) is 3.16. The molecule has 318 valence electrons. The molecule has 0 radical (unpaired) electrons. The first-order valence-corrected chi connectivity index (χ1v) is 21.1. The molecule has 0 bridgehead atoms. The van der Waals surface area contributed by atoms with Crippen LogP contribution in [0.3, 0.4) is 0 Å². The third-order valence-electron chi connectivity index (χ3n) is 12.2. The van der Waals surface area contributed by atoms with Crippen molar-refractivity contribution in [1.29, 1.82) is 0 Å². The Hall–Kier alpha value is -4.19. The summed E-state index contributed by atoms with van der Waals surface area (Å²) in [7, 11) is 11.2. The number of ether oxygens (including phenoxy) is 6. The number of hydrogen-bond acceptors (Lipinski definition) is 11. The second-order valence-electron chi connectivity index (χ2n) is 17.9. The summed E-state index contributed by atoms with van der Waals surface area (Å²) in [5.41, 5.74) is 5.98. The molecule has 0 saturated carbocycles. The molecule has 3 atom stereocenters. The van der Waals surface area contributed by atoms with Gasteiger partial charge in [-0.1, -0.05) is 41.5 Å². The summed E-state index contributed by atoms with van der Waals surface area (Å²) < 4.78 is 38.8. The van der Waals surface area contributed by atoms with Gasteiger partial charge in [0.2, 0.25) is 17.2 Å². The maximum absolute atomic E-state index is 12.9. The van der Waals surface area contributed by atoms with Gasteiger partial charge in [-0.3, -0.25) is 19.5 Å². The molecule has 0 spiro atoms. The SMILES string of the molecule is COc1cc2c(c(O)c1Oc1c(Oc3c(OC(C)=O)c(OC)cc4c3[C@H](CC(C)C)N(C)CC4)c(OC)cc3c1[C@@H](CC(C)C)N(C)CC3)[C@H](CC(C)C)N(C)CC2. The minimum Gasteiger partial charge on any atom is -0.504 e. The van der Waals surface area contributed by atoms with Crippen LogP contribution in [-0.4, -0.2) is 87.9 Å². The summed E-state index contributed by atoms with van der Waals surface area (Å²) >= 11 is 0. The van der Waals surface area contributed by atoms with Crippen molar-refractivity contribution < 1.29 is 38.3 Å². The van der Waals surface area contributed by atoms with Gasteiger partial charge in [-0.25, -0.2) is 0 Å². The fourth-order valence-corrected chi connectivity index (χ4v) is 9.33. The third kappa shape index (κ3) is 8.59. The number of nitrogens with zero attached hydrogens (tertiary/aromatic N) is 3. The monoisotopic (exact) mass is 801 g/mol. The molecule has 6 rings (SSSR count). The molecule has 58 heavy (non-hydrogen) atoms. The summed E-state index contributed by atoms with van der Waals surface area (Å²) in [6, 6.07) is 5.99. The molecule has 0 unspecified atom stereocenters. The normalized spacial score (nSPS) is 19.8. The van der Waals surface area contributed by atoms with Gasteiger partial charge in [-0.15, -0.1) is 0 Å². The van der Waals surface area contributed by atoms with Gasteiger partial charge in [0.25, 0.3) is 0 Å². The van der Waals surface area contributed by atoms with Crippen LogP contribution in [0.2, 0.25) is 0 Å². The quantitative estimate of drug-likeness (QED) is 0.125. The Morgan fingerprint density at radius 1 is 0.586 bits per heavy atom. The van der Waals surface area contributed by atoms with E-state index in [4.69, 9.17) is 28.4 Å². The van der Waals surface area contributed by atoms with Crippen LogP contribution < -0.4 is 28.4 Å². The van der Waals surface area contributed by atoms with Crippen LogP contribution in [0, 0.1) is 17.8 Å².